The van der Waals surface area contributed by atoms with E-state index in [4.69, 9.17) is 5.32 Å². The minimum atomic E-state index is 0.715. The molecule has 0 N–H and O–H groups in total. The van der Waals surface area contributed by atoms with Crippen LogP contribution in [0.4, 0.5) is 0 Å². The van der Waals surface area contributed by atoms with Crippen LogP contribution in [0, 0.1) is 0 Å². The summed E-state index contributed by atoms with van der Waals surface area (Å²) in [6, 6.07) is 1.43. The molecule has 0 bridgehead atoms. The van der Waals surface area contributed by atoms with Gasteiger partial charge in [0.25, 0.3) is 0 Å². The minimum absolute atomic E-state index is 0.715. The highest BCUT2D eigenvalue weighted by molar-refractivity contribution is 4.79. The van der Waals surface area contributed by atoms with E-state index in [2.05, 4.69) is 13.8 Å². The number of unbranched alkanes of at least 4 members (excludes halogenated alkanes) is 4. The van der Waals surface area contributed by atoms with Gasteiger partial charge in [0.1, 0.15) is 0 Å². The molecule has 16 heavy (non-hydrogen) atoms. The summed E-state index contributed by atoms with van der Waals surface area (Å²) < 4.78 is 0. The Kier molecular flexibility index (Phi) is 7.92. The Bertz CT molecular complexity index is 140. The van der Waals surface area contributed by atoms with Crippen LogP contribution < -0.4 is 5.32 Å². The van der Waals surface area contributed by atoms with Crippen molar-refractivity contribution in [3.05, 3.63) is 0 Å². The maximum atomic E-state index is 5.03. The molecule has 0 aromatic heterocycles. The highest BCUT2D eigenvalue weighted by atomic mass is 15.0. The zero-order valence-electron chi connectivity index (χ0n) is 11.4. The van der Waals surface area contributed by atoms with Crippen molar-refractivity contribution in [2.45, 2.75) is 96.6 Å². The molecular formula is C15H30N. The van der Waals surface area contributed by atoms with Gasteiger partial charge in [-0.05, 0) is 25.7 Å². The molecule has 1 fully saturated rings. The molecule has 0 aromatic rings. The fourth-order valence-corrected chi connectivity index (χ4v) is 2.73. The summed E-state index contributed by atoms with van der Waals surface area (Å²) in [5.41, 5.74) is 0. The van der Waals surface area contributed by atoms with Crippen molar-refractivity contribution < 1.29 is 0 Å². The second-order valence-electron chi connectivity index (χ2n) is 5.38. The average molecular weight is 224 g/mol. The Labute approximate surface area is 102 Å². The molecular weight excluding hydrogens is 194 g/mol. The summed E-state index contributed by atoms with van der Waals surface area (Å²) >= 11 is 0. The molecule has 1 radical (unpaired) electrons. The highest BCUT2D eigenvalue weighted by Gasteiger charge is 2.21. The van der Waals surface area contributed by atoms with Crippen LogP contribution in [0.2, 0.25) is 0 Å². The van der Waals surface area contributed by atoms with Crippen LogP contribution in [0.1, 0.15) is 84.5 Å². The van der Waals surface area contributed by atoms with Gasteiger partial charge >= 0.3 is 0 Å². The van der Waals surface area contributed by atoms with E-state index in [0.717, 1.165) is 0 Å². The summed E-state index contributed by atoms with van der Waals surface area (Å²) in [6.45, 7) is 4.57. The lowest BCUT2D eigenvalue weighted by molar-refractivity contribution is 0.279. The molecule has 0 aromatic carbocycles. The molecule has 95 valence electrons. The molecule has 2 atom stereocenters. The fourth-order valence-electron chi connectivity index (χ4n) is 2.73. The number of piperidine rings is 1. The summed E-state index contributed by atoms with van der Waals surface area (Å²) in [5.74, 6) is 0. The quantitative estimate of drug-likeness (QED) is 0.532. The Balaban J connectivity index is 2.09. The lowest BCUT2D eigenvalue weighted by Crippen LogP contribution is -2.36. The molecule has 1 rings (SSSR count). The van der Waals surface area contributed by atoms with Crippen LogP contribution >= 0.6 is 0 Å². The summed E-state index contributed by atoms with van der Waals surface area (Å²) in [4.78, 5) is 0. The Morgan fingerprint density at radius 3 is 1.75 bits per heavy atom. The molecule has 1 saturated heterocycles. The lowest BCUT2D eigenvalue weighted by Gasteiger charge is -2.29. The first-order valence-electron chi connectivity index (χ1n) is 7.56. The normalized spacial score (nSPS) is 25.9. The Hall–Kier alpha value is -0.0400. The molecule has 1 aliphatic heterocycles. The fraction of sp³-hybridized carbons (Fsp3) is 1.00. The second-order valence-corrected chi connectivity index (χ2v) is 5.38. The average Bonchev–Trinajstić information content (AvgIpc) is 2.30. The van der Waals surface area contributed by atoms with Crippen molar-refractivity contribution in [1.82, 2.24) is 5.32 Å². The Morgan fingerprint density at radius 1 is 0.812 bits per heavy atom. The minimum Gasteiger partial charge on any atom is -0.235 e. The maximum absolute atomic E-state index is 5.03. The van der Waals surface area contributed by atoms with Gasteiger partial charge in [-0.25, -0.2) is 5.32 Å². The van der Waals surface area contributed by atoms with E-state index >= 15 is 0 Å². The molecule has 1 aliphatic rings. The van der Waals surface area contributed by atoms with Gasteiger partial charge in [-0.2, -0.15) is 0 Å². The van der Waals surface area contributed by atoms with Crippen LogP contribution in [0.15, 0.2) is 0 Å². The molecule has 1 heteroatoms. The van der Waals surface area contributed by atoms with Crippen molar-refractivity contribution in [1.29, 1.82) is 0 Å². The third-order valence-corrected chi connectivity index (χ3v) is 3.78. The summed E-state index contributed by atoms with van der Waals surface area (Å²) in [7, 11) is 0. The van der Waals surface area contributed by atoms with Gasteiger partial charge in [-0.15, -0.1) is 0 Å². The van der Waals surface area contributed by atoms with E-state index in [1.54, 1.807) is 0 Å². The van der Waals surface area contributed by atoms with E-state index in [0.29, 0.717) is 12.1 Å². The van der Waals surface area contributed by atoms with Crippen molar-refractivity contribution in [3.63, 3.8) is 0 Å². The van der Waals surface area contributed by atoms with Crippen LogP contribution in [-0.4, -0.2) is 12.1 Å². The number of hydrogen-bond donors (Lipinski definition) is 0. The zero-order valence-corrected chi connectivity index (χ0v) is 11.4. The van der Waals surface area contributed by atoms with Crippen LogP contribution in [0.25, 0.3) is 0 Å². The first-order valence-corrected chi connectivity index (χ1v) is 7.56. The van der Waals surface area contributed by atoms with Crippen molar-refractivity contribution >= 4 is 0 Å². The monoisotopic (exact) mass is 224 g/mol. The number of nitrogens with zero attached hydrogens (tertiary/aromatic N) is 1. The molecule has 0 spiro atoms. The molecule has 0 aliphatic carbocycles. The Morgan fingerprint density at radius 2 is 1.31 bits per heavy atom. The van der Waals surface area contributed by atoms with Crippen molar-refractivity contribution in [2.75, 3.05) is 0 Å². The topological polar surface area (TPSA) is 14.1 Å². The molecule has 1 heterocycles. The van der Waals surface area contributed by atoms with Gasteiger partial charge in [0.15, 0.2) is 0 Å². The standard InChI is InChI=1S/C15H30N/c1-3-5-7-10-14-12-9-13-15(16-14)11-8-6-4-2/h14-15H,3-13H2,1-2H3. The van der Waals surface area contributed by atoms with E-state index in [-0.39, 0.29) is 0 Å². The van der Waals surface area contributed by atoms with Crippen molar-refractivity contribution in [3.8, 4) is 0 Å². The van der Waals surface area contributed by atoms with Crippen LogP contribution in [-0.2, 0) is 0 Å². The van der Waals surface area contributed by atoms with Crippen LogP contribution in [0.5, 0.6) is 0 Å². The molecule has 1 nitrogen and oxygen atoms in total. The van der Waals surface area contributed by atoms with E-state index in [1.165, 1.54) is 70.6 Å². The molecule has 0 saturated carbocycles. The smallest absolute Gasteiger partial charge is 0.0249 e. The van der Waals surface area contributed by atoms with E-state index in [9.17, 15) is 0 Å². The summed E-state index contributed by atoms with van der Waals surface area (Å²) in [5, 5.41) is 5.03. The van der Waals surface area contributed by atoms with Gasteiger partial charge < -0.3 is 0 Å². The molecule has 0 amide bonds. The van der Waals surface area contributed by atoms with Crippen LogP contribution in [0.3, 0.4) is 0 Å². The maximum Gasteiger partial charge on any atom is 0.0249 e. The first-order chi connectivity index (χ1) is 7.86. The van der Waals surface area contributed by atoms with Gasteiger partial charge in [0.05, 0.1) is 0 Å². The van der Waals surface area contributed by atoms with Gasteiger partial charge in [0.2, 0.25) is 0 Å². The highest BCUT2D eigenvalue weighted by Crippen LogP contribution is 2.22. The van der Waals surface area contributed by atoms with E-state index in [1.807, 2.05) is 0 Å². The SMILES string of the molecule is CCCCCC1CCCC(CCCCC)[N]1. The van der Waals surface area contributed by atoms with Gasteiger partial charge in [0, 0.05) is 12.1 Å². The molecule has 2 unspecified atom stereocenters. The summed E-state index contributed by atoms with van der Waals surface area (Å²) in [6.07, 6.45) is 15.1. The number of hydrogen-bond acceptors (Lipinski definition) is 0. The van der Waals surface area contributed by atoms with E-state index < -0.39 is 0 Å². The predicted molar refractivity (Wildman–Crippen MR) is 71.8 cm³/mol. The zero-order chi connectivity index (χ0) is 11.6. The predicted octanol–water partition coefficient (Wildman–Crippen LogP) is 4.67. The van der Waals surface area contributed by atoms with Gasteiger partial charge in [-0.1, -0.05) is 58.8 Å². The largest absolute Gasteiger partial charge is 0.235 e. The number of rotatable bonds is 8. The lowest BCUT2D eigenvalue weighted by atomic mass is 9.92. The third-order valence-electron chi connectivity index (χ3n) is 3.78. The second kappa shape index (κ2) is 9.04. The third kappa shape index (κ3) is 5.89. The first kappa shape index (κ1) is 14.0. The van der Waals surface area contributed by atoms with Crippen molar-refractivity contribution in [2.24, 2.45) is 0 Å². The van der Waals surface area contributed by atoms with Gasteiger partial charge in [-0.3, -0.25) is 0 Å².